The molecule has 3 heterocycles. The third-order valence-electron chi connectivity index (χ3n) is 5.36. The monoisotopic (exact) mass is 469 g/mol. The lowest BCUT2D eigenvalue weighted by Crippen LogP contribution is -2.46. The van der Waals surface area contributed by atoms with Gasteiger partial charge >= 0.3 is 6.09 Å². The molecule has 1 amide bonds. The third kappa shape index (κ3) is 5.59. The summed E-state index contributed by atoms with van der Waals surface area (Å²) in [5.41, 5.74) is 0.883. The van der Waals surface area contributed by atoms with Crippen LogP contribution in [0.5, 0.6) is 11.5 Å². The highest BCUT2D eigenvalue weighted by molar-refractivity contribution is 5.69. The number of ether oxygens (including phenoxy) is 3. The van der Waals surface area contributed by atoms with Gasteiger partial charge in [0.2, 0.25) is 5.95 Å². The number of hydrogen-bond acceptors (Lipinski definition) is 9. The molecule has 1 saturated heterocycles. The van der Waals surface area contributed by atoms with Crippen LogP contribution in [0.2, 0.25) is 0 Å². The van der Waals surface area contributed by atoms with Crippen LogP contribution in [-0.2, 0) is 4.74 Å². The molecule has 1 fully saturated rings. The Bertz CT molecular complexity index is 1130. The van der Waals surface area contributed by atoms with Crippen LogP contribution in [-0.4, -0.2) is 64.6 Å². The summed E-state index contributed by atoms with van der Waals surface area (Å²) in [7, 11) is 3.21. The molecule has 11 heteroatoms. The zero-order chi connectivity index (χ0) is 24.3. The largest absolute Gasteiger partial charge is 0.497 e. The van der Waals surface area contributed by atoms with Crippen molar-refractivity contribution in [3.05, 3.63) is 30.6 Å². The van der Waals surface area contributed by atoms with E-state index in [-0.39, 0.29) is 12.1 Å². The van der Waals surface area contributed by atoms with Crippen molar-refractivity contribution in [2.24, 2.45) is 0 Å². The molecule has 0 spiro atoms. The third-order valence-corrected chi connectivity index (χ3v) is 5.36. The van der Waals surface area contributed by atoms with Crippen molar-refractivity contribution in [2.45, 2.75) is 45.3 Å². The zero-order valence-corrected chi connectivity index (χ0v) is 20.2. The molecule has 0 saturated carbocycles. The van der Waals surface area contributed by atoms with Gasteiger partial charge in [-0.1, -0.05) is 0 Å². The summed E-state index contributed by atoms with van der Waals surface area (Å²) in [5.74, 6) is 2.51. The number of hydrogen-bond donors (Lipinski definition) is 2. The molecule has 34 heavy (non-hydrogen) atoms. The number of fused-ring (bicyclic) bond motifs is 1. The van der Waals surface area contributed by atoms with Gasteiger partial charge < -0.3 is 29.7 Å². The quantitative estimate of drug-likeness (QED) is 0.560. The minimum absolute atomic E-state index is 0.0592. The Morgan fingerprint density at radius 2 is 1.76 bits per heavy atom. The van der Waals surface area contributed by atoms with Gasteiger partial charge in [-0.05, 0) is 33.6 Å². The number of benzene rings is 1. The number of nitrogens with one attached hydrogen (secondary N) is 2. The minimum Gasteiger partial charge on any atom is -0.497 e. The Kier molecular flexibility index (Phi) is 6.62. The first-order valence-electron chi connectivity index (χ1n) is 11.2. The lowest BCUT2D eigenvalue weighted by atomic mass is 10.1. The van der Waals surface area contributed by atoms with Gasteiger partial charge in [0.25, 0.3) is 0 Å². The number of anilines is 3. The van der Waals surface area contributed by atoms with Crippen LogP contribution < -0.4 is 25.0 Å². The molecular weight excluding hydrogens is 438 g/mol. The average molecular weight is 470 g/mol. The summed E-state index contributed by atoms with van der Waals surface area (Å²) in [6, 6.07) is 5.54. The summed E-state index contributed by atoms with van der Waals surface area (Å²) in [6.07, 6.45) is 4.66. The Balaban J connectivity index is 1.45. The molecule has 0 unspecified atom stereocenters. The van der Waals surface area contributed by atoms with Gasteiger partial charge in [0, 0.05) is 55.4 Å². The Morgan fingerprint density at radius 1 is 1.09 bits per heavy atom. The fourth-order valence-electron chi connectivity index (χ4n) is 3.80. The smallest absolute Gasteiger partial charge is 0.407 e. The Morgan fingerprint density at radius 3 is 2.38 bits per heavy atom. The summed E-state index contributed by atoms with van der Waals surface area (Å²) >= 11 is 0. The van der Waals surface area contributed by atoms with Crippen molar-refractivity contribution >= 4 is 29.2 Å². The number of rotatable bonds is 6. The number of nitrogens with zero attached hydrogens (tertiary/aromatic N) is 5. The lowest BCUT2D eigenvalue weighted by molar-refractivity contribution is 0.0497. The molecule has 2 N–H and O–H groups in total. The van der Waals surface area contributed by atoms with Crippen molar-refractivity contribution < 1.29 is 19.0 Å². The predicted molar refractivity (Wildman–Crippen MR) is 128 cm³/mol. The van der Waals surface area contributed by atoms with Gasteiger partial charge in [-0.3, -0.25) is 0 Å². The van der Waals surface area contributed by atoms with Crippen molar-refractivity contribution in [1.82, 2.24) is 24.9 Å². The first-order chi connectivity index (χ1) is 16.2. The minimum atomic E-state index is -0.514. The van der Waals surface area contributed by atoms with E-state index in [1.165, 1.54) is 0 Å². The van der Waals surface area contributed by atoms with Crippen LogP contribution in [0.1, 0.15) is 33.6 Å². The number of alkyl carbamates (subject to hydrolysis) is 1. The van der Waals surface area contributed by atoms with Crippen LogP contribution in [0.15, 0.2) is 30.6 Å². The molecule has 4 rings (SSSR count). The normalized spacial score (nSPS) is 14.7. The molecule has 0 atom stereocenters. The molecule has 182 valence electrons. The molecular formula is C23H31N7O4. The van der Waals surface area contributed by atoms with E-state index >= 15 is 0 Å². The van der Waals surface area contributed by atoms with E-state index < -0.39 is 5.60 Å². The second kappa shape index (κ2) is 9.62. The number of methoxy groups -OCH3 is 2. The van der Waals surface area contributed by atoms with Gasteiger partial charge in [0.1, 0.15) is 17.1 Å². The van der Waals surface area contributed by atoms with Crippen LogP contribution in [0.4, 0.5) is 22.2 Å². The summed E-state index contributed by atoms with van der Waals surface area (Å²) < 4.78 is 17.7. The van der Waals surface area contributed by atoms with Gasteiger partial charge in [0.05, 0.1) is 14.2 Å². The van der Waals surface area contributed by atoms with E-state index in [9.17, 15) is 4.79 Å². The Labute approximate surface area is 198 Å². The molecule has 1 aliphatic rings. The van der Waals surface area contributed by atoms with E-state index in [0.717, 1.165) is 37.4 Å². The van der Waals surface area contributed by atoms with E-state index in [0.29, 0.717) is 23.1 Å². The van der Waals surface area contributed by atoms with E-state index in [1.54, 1.807) is 37.2 Å². The maximum absolute atomic E-state index is 12.1. The average Bonchev–Trinajstić information content (AvgIpc) is 3.20. The highest BCUT2D eigenvalue weighted by Crippen LogP contribution is 2.28. The maximum atomic E-state index is 12.1. The van der Waals surface area contributed by atoms with Crippen LogP contribution >= 0.6 is 0 Å². The van der Waals surface area contributed by atoms with Gasteiger partial charge in [0.15, 0.2) is 11.5 Å². The van der Waals surface area contributed by atoms with Crippen molar-refractivity contribution in [3.63, 3.8) is 0 Å². The number of amides is 1. The van der Waals surface area contributed by atoms with Crippen molar-refractivity contribution in [1.29, 1.82) is 0 Å². The first-order valence-corrected chi connectivity index (χ1v) is 11.2. The fraction of sp³-hybridized carbons (Fsp3) is 0.478. The van der Waals surface area contributed by atoms with Crippen LogP contribution in [0.25, 0.3) is 5.65 Å². The first kappa shape index (κ1) is 23.4. The molecule has 1 aliphatic heterocycles. The number of aromatic nitrogens is 4. The van der Waals surface area contributed by atoms with E-state index in [4.69, 9.17) is 14.2 Å². The molecule has 11 nitrogen and oxygen atoms in total. The van der Waals surface area contributed by atoms with Gasteiger partial charge in [-0.25, -0.2) is 14.3 Å². The lowest BCUT2D eigenvalue weighted by Gasteiger charge is -2.33. The summed E-state index contributed by atoms with van der Waals surface area (Å²) in [6.45, 7) is 7.03. The highest BCUT2D eigenvalue weighted by atomic mass is 16.6. The number of piperidine rings is 1. The van der Waals surface area contributed by atoms with Crippen molar-refractivity contribution in [3.8, 4) is 11.5 Å². The standard InChI is InChI=1S/C23H31N7O4/c1-23(2,3)34-22(31)26-15-6-9-29(10-7-15)19-20-27-21(28-30(20)11-8-24-19)25-16-12-17(32-4)14-18(13-16)33-5/h8,11-15H,6-7,9-10H2,1-5H3,(H,25,28)(H,26,31). The summed E-state index contributed by atoms with van der Waals surface area (Å²) in [5, 5.41) is 10.7. The summed E-state index contributed by atoms with van der Waals surface area (Å²) in [4.78, 5) is 23.5. The van der Waals surface area contributed by atoms with Gasteiger partial charge in [-0.15, -0.1) is 5.10 Å². The molecule has 3 aromatic rings. The van der Waals surface area contributed by atoms with E-state index in [1.807, 2.05) is 32.9 Å². The number of carbonyl (C=O) groups excluding carboxylic acids is 1. The SMILES string of the molecule is COc1cc(Nc2nc3c(N4CCC(NC(=O)OC(C)(C)C)CC4)nccn3n2)cc(OC)c1. The zero-order valence-electron chi connectivity index (χ0n) is 20.2. The topological polar surface area (TPSA) is 115 Å². The molecule has 0 bridgehead atoms. The molecule has 1 aromatic carbocycles. The molecule has 2 aromatic heterocycles. The van der Waals surface area contributed by atoms with Gasteiger partial charge in [-0.2, -0.15) is 4.98 Å². The van der Waals surface area contributed by atoms with Crippen LogP contribution in [0, 0.1) is 0 Å². The van der Waals surface area contributed by atoms with Crippen LogP contribution in [0.3, 0.4) is 0 Å². The fourth-order valence-corrected chi connectivity index (χ4v) is 3.80. The second-order valence-corrected chi connectivity index (χ2v) is 9.09. The number of carbonyl (C=O) groups is 1. The maximum Gasteiger partial charge on any atom is 0.407 e. The molecule has 0 radical (unpaired) electrons. The van der Waals surface area contributed by atoms with E-state index in [2.05, 4.69) is 30.6 Å². The predicted octanol–water partition coefficient (Wildman–Crippen LogP) is 3.38. The highest BCUT2D eigenvalue weighted by Gasteiger charge is 2.26. The Hall–Kier alpha value is -3.76. The second-order valence-electron chi connectivity index (χ2n) is 9.09. The molecule has 0 aliphatic carbocycles. The van der Waals surface area contributed by atoms with Crippen molar-refractivity contribution in [2.75, 3.05) is 37.5 Å².